The van der Waals surface area contributed by atoms with Gasteiger partial charge in [-0.15, -0.1) is 0 Å². The summed E-state index contributed by atoms with van der Waals surface area (Å²) in [7, 11) is 1.53. The Kier molecular flexibility index (Phi) is 4.27. The Morgan fingerprint density at radius 3 is 2.52 bits per heavy atom. The molecule has 0 saturated carbocycles. The number of aromatic carboxylic acids is 1. The van der Waals surface area contributed by atoms with Crippen LogP contribution in [0.4, 0.5) is 4.39 Å². The molecule has 0 aliphatic rings. The molecule has 1 heterocycles. The van der Waals surface area contributed by atoms with Crippen molar-refractivity contribution in [2.75, 3.05) is 7.05 Å². The highest BCUT2D eigenvalue weighted by Gasteiger charge is 2.20. The van der Waals surface area contributed by atoms with Crippen LogP contribution >= 0.6 is 0 Å². The van der Waals surface area contributed by atoms with Gasteiger partial charge in [-0.1, -0.05) is 12.1 Å². The number of pyridine rings is 1. The number of carbonyl (C=O) groups excluding carboxylic acids is 1. The Morgan fingerprint density at radius 1 is 1.24 bits per heavy atom. The van der Waals surface area contributed by atoms with E-state index in [0.29, 0.717) is 0 Å². The molecule has 2 aromatic rings. The minimum atomic E-state index is -1.21. The first-order valence-electron chi connectivity index (χ1n) is 6.17. The third kappa shape index (κ3) is 3.42. The van der Waals surface area contributed by atoms with Gasteiger partial charge in [0.05, 0.1) is 5.56 Å². The summed E-state index contributed by atoms with van der Waals surface area (Å²) in [4.78, 5) is 28.5. The van der Waals surface area contributed by atoms with E-state index in [9.17, 15) is 14.0 Å². The van der Waals surface area contributed by atoms with E-state index in [0.717, 1.165) is 5.56 Å². The third-order valence-electron chi connectivity index (χ3n) is 2.92. The summed E-state index contributed by atoms with van der Waals surface area (Å²) in [5.74, 6) is -2.07. The van der Waals surface area contributed by atoms with Gasteiger partial charge in [-0.3, -0.25) is 9.78 Å². The van der Waals surface area contributed by atoms with Crippen LogP contribution in [-0.2, 0) is 6.54 Å². The summed E-state index contributed by atoms with van der Waals surface area (Å²) in [6, 6.07) is 8.52. The molecule has 0 spiro atoms. The Labute approximate surface area is 120 Å². The molecule has 1 aromatic carbocycles. The Morgan fingerprint density at radius 2 is 1.90 bits per heavy atom. The monoisotopic (exact) mass is 288 g/mol. The molecule has 2 rings (SSSR count). The van der Waals surface area contributed by atoms with Crippen molar-refractivity contribution in [3.8, 4) is 0 Å². The molecule has 0 atom stereocenters. The van der Waals surface area contributed by atoms with Gasteiger partial charge in [-0.05, 0) is 29.8 Å². The summed E-state index contributed by atoms with van der Waals surface area (Å²) in [6.45, 7) is 0.231. The van der Waals surface area contributed by atoms with Gasteiger partial charge >= 0.3 is 5.97 Å². The second-order valence-corrected chi connectivity index (χ2v) is 4.49. The van der Waals surface area contributed by atoms with Gasteiger partial charge in [0.1, 0.15) is 11.5 Å². The smallest absolute Gasteiger partial charge is 0.338 e. The molecular weight excluding hydrogens is 275 g/mol. The molecule has 1 N–H and O–H groups in total. The minimum absolute atomic E-state index is 0.116. The summed E-state index contributed by atoms with van der Waals surface area (Å²) in [6.07, 6.45) is 1.37. The number of hydrogen-bond acceptors (Lipinski definition) is 3. The molecule has 5 nitrogen and oxygen atoms in total. The summed E-state index contributed by atoms with van der Waals surface area (Å²) in [5, 5.41) is 9.06. The van der Waals surface area contributed by atoms with E-state index < -0.39 is 11.9 Å². The average Bonchev–Trinajstić information content (AvgIpc) is 2.48. The lowest BCUT2D eigenvalue weighted by atomic mass is 10.1. The van der Waals surface area contributed by atoms with Crippen LogP contribution in [0.2, 0.25) is 0 Å². The predicted octanol–water partition coefficient (Wildman–Crippen LogP) is 2.19. The Balaban J connectivity index is 2.20. The molecule has 0 fully saturated rings. The van der Waals surface area contributed by atoms with Crippen LogP contribution in [0.25, 0.3) is 0 Å². The largest absolute Gasteiger partial charge is 0.478 e. The molecule has 1 aromatic heterocycles. The number of carboxylic acids is 1. The zero-order valence-corrected chi connectivity index (χ0v) is 11.3. The lowest BCUT2D eigenvalue weighted by molar-refractivity contribution is 0.0678. The molecule has 0 radical (unpaired) electrons. The van der Waals surface area contributed by atoms with Gasteiger partial charge in [0.25, 0.3) is 5.91 Å². The number of aromatic nitrogens is 1. The maximum Gasteiger partial charge on any atom is 0.338 e. The van der Waals surface area contributed by atoms with E-state index in [4.69, 9.17) is 5.11 Å². The van der Waals surface area contributed by atoms with Crippen LogP contribution in [-0.4, -0.2) is 33.9 Å². The van der Waals surface area contributed by atoms with Crippen molar-refractivity contribution in [2.24, 2.45) is 0 Å². The van der Waals surface area contributed by atoms with Crippen molar-refractivity contribution < 1.29 is 19.1 Å². The summed E-state index contributed by atoms with van der Waals surface area (Å²) < 4.78 is 12.8. The molecule has 0 aliphatic heterocycles. The highest BCUT2D eigenvalue weighted by molar-refractivity contribution is 6.03. The lowest BCUT2D eigenvalue weighted by Gasteiger charge is -2.17. The van der Waals surface area contributed by atoms with Crippen molar-refractivity contribution in [2.45, 2.75) is 6.54 Å². The van der Waals surface area contributed by atoms with Gasteiger partial charge < -0.3 is 10.0 Å². The molecule has 1 amide bonds. The maximum atomic E-state index is 12.8. The van der Waals surface area contributed by atoms with Crippen molar-refractivity contribution in [1.29, 1.82) is 0 Å². The number of rotatable bonds is 4. The fraction of sp³-hybridized carbons (Fsp3) is 0.133. The normalized spacial score (nSPS) is 10.2. The van der Waals surface area contributed by atoms with E-state index in [2.05, 4.69) is 4.98 Å². The quantitative estimate of drug-likeness (QED) is 0.936. The zero-order chi connectivity index (χ0) is 15.4. The maximum absolute atomic E-state index is 12.8. The number of carbonyl (C=O) groups is 2. The number of hydrogen-bond donors (Lipinski definition) is 1. The highest BCUT2D eigenvalue weighted by atomic mass is 19.1. The van der Waals surface area contributed by atoms with Gasteiger partial charge in [0.2, 0.25) is 0 Å². The number of carboxylic acid groups (broad SMARTS) is 1. The van der Waals surface area contributed by atoms with E-state index in [-0.39, 0.29) is 23.6 Å². The third-order valence-corrected chi connectivity index (χ3v) is 2.92. The number of amides is 1. The number of halogens is 1. The second kappa shape index (κ2) is 6.13. The van der Waals surface area contributed by atoms with Crippen molar-refractivity contribution >= 4 is 11.9 Å². The van der Waals surface area contributed by atoms with E-state index in [1.165, 1.54) is 42.4 Å². The van der Waals surface area contributed by atoms with Gasteiger partial charge in [0.15, 0.2) is 0 Å². The topological polar surface area (TPSA) is 70.5 Å². The van der Waals surface area contributed by atoms with Crippen molar-refractivity contribution in [3.63, 3.8) is 0 Å². The minimum Gasteiger partial charge on any atom is -0.478 e. The van der Waals surface area contributed by atoms with Gasteiger partial charge in [-0.25, -0.2) is 9.18 Å². The Bertz CT molecular complexity index is 671. The molecule has 108 valence electrons. The lowest BCUT2D eigenvalue weighted by Crippen LogP contribution is -2.28. The number of nitrogens with zero attached hydrogens (tertiary/aromatic N) is 2. The predicted molar refractivity (Wildman–Crippen MR) is 73.4 cm³/mol. The fourth-order valence-corrected chi connectivity index (χ4v) is 1.86. The summed E-state index contributed by atoms with van der Waals surface area (Å²) in [5.41, 5.74) is 0.475. The summed E-state index contributed by atoms with van der Waals surface area (Å²) >= 11 is 0. The van der Waals surface area contributed by atoms with Gasteiger partial charge in [-0.2, -0.15) is 0 Å². The van der Waals surface area contributed by atoms with Crippen molar-refractivity contribution in [1.82, 2.24) is 9.88 Å². The molecule has 0 aliphatic carbocycles. The van der Waals surface area contributed by atoms with Crippen LogP contribution in [0.15, 0.2) is 42.6 Å². The molecule has 0 unspecified atom stereocenters. The van der Waals surface area contributed by atoms with Crippen LogP contribution in [0, 0.1) is 5.82 Å². The SMILES string of the molecule is CN(Cc1ccc(F)cc1)C(=O)c1ncccc1C(=O)O. The highest BCUT2D eigenvalue weighted by Crippen LogP contribution is 2.11. The van der Waals surface area contributed by atoms with E-state index >= 15 is 0 Å². The number of benzene rings is 1. The fourth-order valence-electron chi connectivity index (χ4n) is 1.86. The second-order valence-electron chi connectivity index (χ2n) is 4.49. The van der Waals surface area contributed by atoms with Crippen LogP contribution in [0.5, 0.6) is 0 Å². The molecule has 21 heavy (non-hydrogen) atoms. The zero-order valence-electron chi connectivity index (χ0n) is 11.3. The van der Waals surface area contributed by atoms with E-state index in [1.807, 2.05) is 0 Å². The first kappa shape index (κ1) is 14.6. The molecule has 0 bridgehead atoms. The van der Waals surface area contributed by atoms with Crippen LogP contribution < -0.4 is 0 Å². The Hall–Kier alpha value is -2.76. The van der Waals surface area contributed by atoms with Gasteiger partial charge in [0, 0.05) is 19.8 Å². The standard InChI is InChI=1S/C15H13FN2O3/c1-18(9-10-4-6-11(16)7-5-10)14(19)13-12(15(20)21)3-2-8-17-13/h2-8H,9H2,1H3,(H,20,21). The molecular formula is C15H13FN2O3. The molecule has 0 saturated heterocycles. The molecule has 6 heteroatoms. The first-order valence-corrected chi connectivity index (χ1v) is 6.17. The van der Waals surface area contributed by atoms with Crippen LogP contribution in [0.1, 0.15) is 26.4 Å². The van der Waals surface area contributed by atoms with Crippen molar-refractivity contribution in [3.05, 3.63) is 65.2 Å². The van der Waals surface area contributed by atoms with E-state index in [1.54, 1.807) is 12.1 Å². The average molecular weight is 288 g/mol. The first-order chi connectivity index (χ1) is 9.99. The van der Waals surface area contributed by atoms with Crippen LogP contribution in [0.3, 0.4) is 0 Å².